The van der Waals surface area contributed by atoms with E-state index < -0.39 is 5.91 Å². The predicted molar refractivity (Wildman–Crippen MR) is 143 cm³/mol. The standard InChI is InChI=1S/C25H32N6O2S2/c1-5-6-17-7-8-18(22(26)32)13-19(17)28-25-29-20(14-34-25)21-16(4)27-23(35-21)24(33)31-11-9-30(10-12-31)15(2)3/h7-8,13-15H,5-6,9-12H2,1-4H3,(H2,26,32)(H,28,29). The van der Waals surface area contributed by atoms with Crippen molar-refractivity contribution in [1.29, 1.82) is 0 Å². The molecule has 3 aromatic rings. The zero-order chi connectivity index (χ0) is 25.1. The van der Waals surface area contributed by atoms with Gasteiger partial charge in [0.15, 0.2) is 10.1 Å². The normalized spacial score (nSPS) is 14.5. The first-order valence-corrected chi connectivity index (χ1v) is 13.6. The number of aryl methyl sites for hydroxylation is 2. The molecule has 0 aliphatic carbocycles. The Labute approximate surface area is 214 Å². The fourth-order valence-corrected chi connectivity index (χ4v) is 5.97. The lowest BCUT2D eigenvalue weighted by atomic mass is 10.0. The van der Waals surface area contributed by atoms with E-state index in [0.29, 0.717) is 21.7 Å². The van der Waals surface area contributed by atoms with Crippen LogP contribution in [-0.4, -0.2) is 63.8 Å². The van der Waals surface area contributed by atoms with E-state index in [0.717, 1.165) is 66.5 Å². The lowest BCUT2D eigenvalue weighted by molar-refractivity contribution is 0.0595. The highest BCUT2D eigenvalue weighted by atomic mass is 32.1. The van der Waals surface area contributed by atoms with Crippen LogP contribution in [0.5, 0.6) is 0 Å². The number of primary amides is 1. The summed E-state index contributed by atoms with van der Waals surface area (Å²) in [5, 5.41) is 6.55. The third-order valence-electron chi connectivity index (χ3n) is 6.20. The van der Waals surface area contributed by atoms with Crippen molar-refractivity contribution in [3.63, 3.8) is 0 Å². The molecule has 1 aliphatic rings. The number of benzene rings is 1. The predicted octanol–water partition coefficient (Wildman–Crippen LogP) is 4.54. The van der Waals surface area contributed by atoms with Gasteiger partial charge in [0, 0.05) is 48.9 Å². The molecule has 10 heteroatoms. The topological polar surface area (TPSA) is 104 Å². The zero-order valence-electron chi connectivity index (χ0n) is 20.6. The number of nitrogens with two attached hydrogens (primary N) is 1. The Morgan fingerprint density at radius 3 is 2.57 bits per heavy atom. The molecule has 1 fully saturated rings. The average Bonchev–Trinajstić information content (AvgIpc) is 3.46. The Balaban J connectivity index is 1.50. The van der Waals surface area contributed by atoms with Crippen LogP contribution < -0.4 is 11.1 Å². The van der Waals surface area contributed by atoms with Crippen molar-refractivity contribution in [2.24, 2.45) is 5.73 Å². The monoisotopic (exact) mass is 512 g/mol. The minimum atomic E-state index is -0.459. The molecule has 0 atom stereocenters. The van der Waals surface area contributed by atoms with Crippen molar-refractivity contribution in [2.45, 2.75) is 46.6 Å². The molecule has 0 radical (unpaired) electrons. The van der Waals surface area contributed by atoms with Crippen LogP contribution in [0.15, 0.2) is 23.6 Å². The number of aromatic nitrogens is 2. The second-order valence-electron chi connectivity index (χ2n) is 9.00. The van der Waals surface area contributed by atoms with Crippen molar-refractivity contribution in [2.75, 3.05) is 31.5 Å². The number of amides is 2. The molecule has 4 rings (SSSR count). The van der Waals surface area contributed by atoms with Crippen LogP contribution in [0.4, 0.5) is 10.8 Å². The van der Waals surface area contributed by atoms with Gasteiger partial charge in [-0.25, -0.2) is 9.97 Å². The molecule has 0 saturated carbocycles. The van der Waals surface area contributed by atoms with Crippen LogP contribution in [0.3, 0.4) is 0 Å². The van der Waals surface area contributed by atoms with E-state index in [1.165, 1.54) is 22.7 Å². The molecule has 2 aromatic heterocycles. The maximum atomic E-state index is 13.1. The van der Waals surface area contributed by atoms with Crippen LogP contribution in [-0.2, 0) is 6.42 Å². The average molecular weight is 513 g/mol. The quantitative estimate of drug-likeness (QED) is 0.459. The van der Waals surface area contributed by atoms with Crippen LogP contribution in [0.2, 0.25) is 0 Å². The smallest absolute Gasteiger partial charge is 0.282 e. The van der Waals surface area contributed by atoms with Gasteiger partial charge in [-0.2, -0.15) is 0 Å². The molecule has 186 valence electrons. The summed E-state index contributed by atoms with van der Waals surface area (Å²) in [6.07, 6.45) is 1.86. The minimum Gasteiger partial charge on any atom is -0.366 e. The Kier molecular flexibility index (Phi) is 7.83. The molecule has 3 N–H and O–H groups in total. The lowest BCUT2D eigenvalue weighted by Gasteiger charge is -2.36. The van der Waals surface area contributed by atoms with E-state index in [1.807, 2.05) is 23.3 Å². The van der Waals surface area contributed by atoms with Gasteiger partial charge in [-0.05, 0) is 44.9 Å². The van der Waals surface area contributed by atoms with E-state index in [2.05, 4.69) is 36.0 Å². The fourth-order valence-electron chi connectivity index (χ4n) is 4.19. The highest BCUT2D eigenvalue weighted by Crippen LogP contribution is 2.34. The van der Waals surface area contributed by atoms with Crippen molar-refractivity contribution < 1.29 is 9.59 Å². The van der Waals surface area contributed by atoms with Crippen LogP contribution >= 0.6 is 22.7 Å². The number of carbonyl (C=O) groups excluding carboxylic acids is 2. The molecule has 1 aromatic carbocycles. The Morgan fingerprint density at radius 1 is 1.17 bits per heavy atom. The molecule has 8 nitrogen and oxygen atoms in total. The molecular weight excluding hydrogens is 480 g/mol. The summed E-state index contributed by atoms with van der Waals surface area (Å²) in [6, 6.07) is 5.97. The van der Waals surface area contributed by atoms with Gasteiger partial charge in [-0.3, -0.25) is 14.5 Å². The number of thiazole rings is 2. The highest BCUT2D eigenvalue weighted by Gasteiger charge is 2.26. The Morgan fingerprint density at radius 2 is 1.91 bits per heavy atom. The third-order valence-corrected chi connectivity index (χ3v) is 8.13. The summed E-state index contributed by atoms with van der Waals surface area (Å²) in [5.74, 6) is -0.465. The SMILES string of the molecule is CCCc1ccc(C(N)=O)cc1Nc1nc(-c2sc(C(=O)N3CCN(C(C)C)CC3)nc2C)cs1. The first-order chi connectivity index (χ1) is 16.8. The maximum Gasteiger partial charge on any atom is 0.282 e. The number of hydrogen-bond donors (Lipinski definition) is 2. The summed E-state index contributed by atoms with van der Waals surface area (Å²) in [7, 11) is 0. The molecule has 35 heavy (non-hydrogen) atoms. The number of rotatable bonds is 8. The second kappa shape index (κ2) is 10.8. The van der Waals surface area contributed by atoms with E-state index >= 15 is 0 Å². The first-order valence-electron chi connectivity index (χ1n) is 11.9. The number of hydrogen-bond acceptors (Lipinski definition) is 8. The minimum absolute atomic E-state index is 0.00573. The largest absolute Gasteiger partial charge is 0.366 e. The van der Waals surface area contributed by atoms with Gasteiger partial charge in [0.25, 0.3) is 5.91 Å². The van der Waals surface area contributed by atoms with Gasteiger partial charge >= 0.3 is 0 Å². The molecule has 2 amide bonds. The Hall–Kier alpha value is -2.82. The van der Waals surface area contributed by atoms with Crippen molar-refractivity contribution in [3.05, 3.63) is 45.4 Å². The number of carbonyl (C=O) groups is 2. The third kappa shape index (κ3) is 5.71. The molecule has 3 heterocycles. The van der Waals surface area contributed by atoms with E-state index in [9.17, 15) is 9.59 Å². The number of nitrogens with zero attached hydrogens (tertiary/aromatic N) is 4. The summed E-state index contributed by atoms with van der Waals surface area (Å²) in [6.45, 7) is 11.6. The van der Waals surface area contributed by atoms with Gasteiger partial charge in [-0.1, -0.05) is 19.4 Å². The number of piperazine rings is 1. The van der Waals surface area contributed by atoms with Crippen molar-refractivity contribution in [1.82, 2.24) is 19.8 Å². The van der Waals surface area contributed by atoms with E-state index in [-0.39, 0.29) is 5.91 Å². The van der Waals surface area contributed by atoms with Crippen LogP contribution in [0, 0.1) is 6.92 Å². The zero-order valence-corrected chi connectivity index (χ0v) is 22.3. The molecule has 0 bridgehead atoms. The van der Waals surface area contributed by atoms with Crippen molar-refractivity contribution in [3.8, 4) is 10.6 Å². The fraction of sp³-hybridized carbons (Fsp3) is 0.440. The molecule has 1 aliphatic heterocycles. The molecular formula is C25H32N6O2S2. The van der Waals surface area contributed by atoms with Gasteiger partial charge in [-0.15, -0.1) is 22.7 Å². The van der Waals surface area contributed by atoms with Gasteiger partial charge in [0.2, 0.25) is 5.91 Å². The Bertz CT molecular complexity index is 1210. The summed E-state index contributed by atoms with van der Waals surface area (Å²) in [5.41, 5.74) is 9.47. The summed E-state index contributed by atoms with van der Waals surface area (Å²) in [4.78, 5) is 39.3. The second-order valence-corrected chi connectivity index (χ2v) is 10.9. The number of anilines is 2. The maximum absolute atomic E-state index is 13.1. The molecule has 0 spiro atoms. The van der Waals surface area contributed by atoms with Crippen LogP contribution in [0.1, 0.15) is 58.6 Å². The lowest BCUT2D eigenvalue weighted by Crippen LogP contribution is -2.50. The summed E-state index contributed by atoms with van der Waals surface area (Å²) < 4.78 is 0. The molecule has 0 unspecified atom stereocenters. The number of nitrogens with one attached hydrogen (secondary N) is 1. The van der Waals surface area contributed by atoms with E-state index in [1.54, 1.807) is 12.1 Å². The molecule has 1 saturated heterocycles. The van der Waals surface area contributed by atoms with Crippen LogP contribution in [0.25, 0.3) is 10.6 Å². The first kappa shape index (κ1) is 25.3. The summed E-state index contributed by atoms with van der Waals surface area (Å²) >= 11 is 2.88. The highest BCUT2D eigenvalue weighted by molar-refractivity contribution is 7.18. The van der Waals surface area contributed by atoms with Gasteiger partial charge < -0.3 is 16.0 Å². The van der Waals surface area contributed by atoms with Gasteiger partial charge in [0.1, 0.15) is 0 Å². The van der Waals surface area contributed by atoms with Gasteiger partial charge in [0.05, 0.1) is 16.3 Å². The van der Waals surface area contributed by atoms with E-state index in [4.69, 9.17) is 10.7 Å². The van der Waals surface area contributed by atoms with Crippen molar-refractivity contribution >= 4 is 45.3 Å².